The second-order valence-corrected chi connectivity index (χ2v) is 5.74. The van der Waals surface area contributed by atoms with Crippen molar-refractivity contribution in [1.29, 1.82) is 0 Å². The molecular formula is C21H21NO. The molecule has 3 rings (SSSR count). The van der Waals surface area contributed by atoms with E-state index in [9.17, 15) is 5.11 Å². The Hall–Kier alpha value is -2.45. The first-order valence-electron chi connectivity index (χ1n) is 7.99. The van der Waals surface area contributed by atoms with Crippen molar-refractivity contribution >= 4 is 0 Å². The molecule has 0 spiro atoms. The molecule has 2 nitrogen and oxygen atoms in total. The summed E-state index contributed by atoms with van der Waals surface area (Å²) in [5, 5.41) is 11.6. The Bertz CT molecular complexity index is 688. The Morgan fingerprint density at radius 2 is 1.48 bits per heavy atom. The zero-order valence-electron chi connectivity index (χ0n) is 13.3. The minimum Gasteiger partial charge on any atom is -0.384 e. The summed E-state index contributed by atoms with van der Waals surface area (Å²) in [4.78, 5) is 4.54. The van der Waals surface area contributed by atoms with E-state index in [4.69, 9.17) is 0 Å². The van der Waals surface area contributed by atoms with Crippen molar-refractivity contribution in [3.8, 4) is 0 Å². The van der Waals surface area contributed by atoms with Crippen LogP contribution in [0.15, 0.2) is 85.1 Å². The van der Waals surface area contributed by atoms with Crippen molar-refractivity contribution in [2.75, 3.05) is 0 Å². The molecule has 0 aliphatic heterocycles. The lowest BCUT2D eigenvalue weighted by Crippen LogP contribution is -2.34. The Labute approximate surface area is 137 Å². The van der Waals surface area contributed by atoms with Crippen molar-refractivity contribution in [3.63, 3.8) is 0 Å². The van der Waals surface area contributed by atoms with Crippen LogP contribution in [-0.4, -0.2) is 10.1 Å². The third-order valence-electron chi connectivity index (χ3n) is 4.41. The van der Waals surface area contributed by atoms with Gasteiger partial charge in [0.1, 0.15) is 5.60 Å². The maximum absolute atomic E-state index is 11.6. The van der Waals surface area contributed by atoms with Gasteiger partial charge < -0.3 is 5.11 Å². The predicted molar refractivity (Wildman–Crippen MR) is 93.2 cm³/mol. The lowest BCUT2D eigenvalue weighted by molar-refractivity contribution is 0.0139. The van der Waals surface area contributed by atoms with Crippen LogP contribution in [0.25, 0.3) is 0 Å². The van der Waals surface area contributed by atoms with E-state index in [2.05, 4.69) is 17.1 Å². The molecule has 1 heterocycles. The van der Waals surface area contributed by atoms with E-state index in [0.717, 1.165) is 16.8 Å². The Morgan fingerprint density at radius 1 is 0.870 bits per heavy atom. The van der Waals surface area contributed by atoms with Crippen LogP contribution in [0.1, 0.15) is 36.1 Å². The summed E-state index contributed by atoms with van der Waals surface area (Å²) in [6.07, 6.45) is 2.39. The molecule has 0 bridgehead atoms. The van der Waals surface area contributed by atoms with Crippen LogP contribution >= 0.6 is 0 Å². The van der Waals surface area contributed by atoms with Crippen LogP contribution in [-0.2, 0) is 5.60 Å². The highest BCUT2D eigenvalue weighted by Gasteiger charge is 2.39. The highest BCUT2D eigenvalue weighted by atomic mass is 16.3. The van der Waals surface area contributed by atoms with Gasteiger partial charge in [-0.3, -0.25) is 4.98 Å². The van der Waals surface area contributed by atoms with Gasteiger partial charge in [-0.2, -0.15) is 0 Å². The van der Waals surface area contributed by atoms with E-state index in [1.165, 1.54) is 0 Å². The zero-order chi connectivity index (χ0) is 16.1. The Kier molecular flexibility index (Phi) is 4.54. The molecule has 0 aliphatic rings. The van der Waals surface area contributed by atoms with Crippen LogP contribution in [0.5, 0.6) is 0 Å². The van der Waals surface area contributed by atoms with E-state index in [0.29, 0.717) is 6.42 Å². The van der Waals surface area contributed by atoms with Gasteiger partial charge in [0.05, 0.1) is 11.6 Å². The minimum absolute atomic E-state index is 0.211. The summed E-state index contributed by atoms with van der Waals surface area (Å²) >= 11 is 0. The van der Waals surface area contributed by atoms with Crippen LogP contribution in [0, 0.1) is 0 Å². The molecule has 0 aliphatic carbocycles. The van der Waals surface area contributed by atoms with E-state index in [-0.39, 0.29) is 5.92 Å². The molecule has 2 atom stereocenters. The van der Waals surface area contributed by atoms with Gasteiger partial charge in [0.2, 0.25) is 0 Å². The number of hydrogen-bond acceptors (Lipinski definition) is 2. The monoisotopic (exact) mass is 303 g/mol. The molecule has 23 heavy (non-hydrogen) atoms. The molecule has 0 fully saturated rings. The number of pyridine rings is 1. The van der Waals surface area contributed by atoms with E-state index < -0.39 is 5.60 Å². The molecule has 1 N–H and O–H groups in total. The van der Waals surface area contributed by atoms with Gasteiger partial charge >= 0.3 is 0 Å². The van der Waals surface area contributed by atoms with Crippen LogP contribution in [0.4, 0.5) is 0 Å². The molecule has 2 aromatic carbocycles. The Morgan fingerprint density at radius 3 is 2.04 bits per heavy atom. The average molecular weight is 303 g/mol. The summed E-state index contributed by atoms with van der Waals surface area (Å²) in [5.41, 5.74) is 1.87. The van der Waals surface area contributed by atoms with Gasteiger partial charge in [0, 0.05) is 6.20 Å². The first-order valence-corrected chi connectivity index (χ1v) is 7.99. The zero-order valence-corrected chi connectivity index (χ0v) is 13.3. The molecule has 0 radical (unpaired) electrons. The largest absolute Gasteiger partial charge is 0.384 e. The summed E-state index contributed by atoms with van der Waals surface area (Å²) in [6, 6.07) is 25.9. The summed E-state index contributed by atoms with van der Waals surface area (Å²) in [6.45, 7) is 2.02. The van der Waals surface area contributed by atoms with Crippen molar-refractivity contribution in [2.45, 2.75) is 24.9 Å². The highest BCUT2D eigenvalue weighted by molar-refractivity contribution is 5.37. The summed E-state index contributed by atoms with van der Waals surface area (Å²) in [7, 11) is 0. The van der Waals surface area contributed by atoms with E-state index in [1.807, 2.05) is 73.7 Å². The quantitative estimate of drug-likeness (QED) is 0.752. The van der Waals surface area contributed by atoms with Gasteiger partial charge in [0.25, 0.3) is 0 Å². The number of rotatable bonds is 5. The van der Waals surface area contributed by atoms with Crippen molar-refractivity contribution < 1.29 is 5.11 Å². The summed E-state index contributed by atoms with van der Waals surface area (Å²) in [5.74, 6) is -0.211. The maximum Gasteiger partial charge on any atom is 0.102 e. The second kappa shape index (κ2) is 6.76. The molecule has 2 unspecified atom stereocenters. The first-order chi connectivity index (χ1) is 11.3. The minimum atomic E-state index is -1.00. The molecule has 0 saturated carbocycles. The van der Waals surface area contributed by atoms with Crippen LogP contribution < -0.4 is 0 Å². The fourth-order valence-electron chi connectivity index (χ4n) is 3.19. The molecule has 2 heteroatoms. The molecule has 0 amide bonds. The second-order valence-electron chi connectivity index (χ2n) is 5.74. The number of aliphatic hydroxyl groups is 1. The van der Waals surface area contributed by atoms with Gasteiger partial charge in [-0.15, -0.1) is 0 Å². The Balaban J connectivity index is 2.18. The average Bonchev–Trinajstić information content (AvgIpc) is 2.64. The maximum atomic E-state index is 11.6. The third-order valence-corrected chi connectivity index (χ3v) is 4.41. The van der Waals surface area contributed by atoms with Gasteiger partial charge in [0.15, 0.2) is 0 Å². The number of nitrogens with zero attached hydrogens (tertiary/aromatic N) is 1. The topological polar surface area (TPSA) is 33.1 Å². The molecular weight excluding hydrogens is 282 g/mol. The van der Waals surface area contributed by atoms with Gasteiger partial charge in [-0.25, -0.2) is 0 Å². The van der Waals surface area contributed by atoms with Crippen molar-refractivity contribution in [3.05, 3.63) is 102 Å². The van der Waals surface area contributed by atoms with Crippen LogP contribution in [0.3, 0.4) is 0 Å². The highest BCUT2D eigenvalue weighted by Crippen LogP contribution is 2.43. The summed E-state index contributed by atoms with van der Waals surface area (Å²) < 4.78 is 0. The smallest absolute Gasteiger partial charge is 0.102 e. The lowest BCUT2D eigenvalue weighted by atomic mass is 9.74. The van der Waals surface area contributed by atoms with Gasteiger partial charge in [-0.05, 0) is 29.7 Å². The number of hydrogen-bond donors (Lipinski definition) is 1. The standard InChI is InChI=1S/C21H21NO/c1-2-21(23,18-13-7-4-8-14-18)20(17-11-5-3-6-12-17)19-15-9-10-16-22-19/h3-16,20,23H,2H2,1H3. The SMILES string of the molecule is CCC(O)(c1ccccc1)C(c1ccccc1)c1ccccn1. The third kappa shape index (κ3) is 3.03. The molecule has 1 aromatic heterocycles. The predicted octanol–water partition coefficient (Wildman–Crippen LogP) is 4.51. The fourth-order valence-corrected chi connectivity index (χ4v) is 3.19. The normalized spacial score (nSPS) is 14.9. The number of aromatic nitrogens is 1. The van der Waals surface area contributed by atoms with E-state index in [1.54, 1.807) is 6.20 Å². The van der Waals surface area contributed by atoms with E-state index >= 15 is 0 Å². The molecule has 0 saturated heterocycles. The van der Waals surface area contributed by atoms with Crippen LogP contribution in [0.2, 0.25) is 0 Å². The molecule has 116 valence electrons. The van der Waals surface area contributed by atoms with Crippen molar-refractivity contribution in [1.82, 2.24) is 4.98 Å². The van der Waals surface area contributed by atoms with Crippen molar-refractivity contribution in [2.24, 2.45) is 0 Å². The fraction of sp³-hybridized carbons (Fsp3) is 0.190. The first kappa shape index (κ1) is 15.4. The van der Waals surface area contributed by atoms with Gasteiger partial charge in [-0.1, -0.05) is 73.7 Å². The molecule has 3 aromatic rings. The number of benzene rings is 2. The lowest BCUT2D eigenvalue weighted by Gasteiger charge is -2.36.